The predicted molar refractivity (Wildman–Crippen MR) is 398 cm³/mol. The zero-order valence-electron chi connectivity index (χ0n) is 63.8. The quantitative estimate of drug-likeness (QED) is 0.0980. The lowest BCUT2D eigenvalue weighted by molar-refractivity contribution is -0.175. The molecule has 10 aliphatic carbocycles. The molecule has 12 nitrogen and oxygen atoms in total. The summed E-state index contributed by atoms with van der Waals surface area (Å²) >= 11 is 0. The first kappa shape index (κ1) is 76.4. The molecule has 2 bridgehead atoms. The summed E-state index contributed by atoms with van der Waals surface area (Å²) in [6.45, 7) is 48.7. The van der Waals surface area contributed by atoms with E-state index in [1.54, 1.807) is 0 Å². The second-order valence-corrected chi connectivity index (χ2v) is 35.4. The van der Waals surface area contributed by atoms with Crippen molar-refractivity contribution in [1.29, 1.82) is 0 Å². The zero-order valence-corrected chi connectivity index (χ0v) is 63.8. The van der Waals surface area contributed by atoms with Gasteiger partial charge in [0.25, 0.3) is 0 Å². The van der Waals surface area contributed by atoms with Crippen molar-refractivity contribution < 1.29 is 57.2 Å². The van der Waals surface area contributed by atoms with Crippen LogP contribution < -0.4 is 0 Å². The van der Waals surface area contributed by atoms with Gasteiger partial charge in [0.2, 0.25) is 0 Å². The Morgan fingerprint density at radius 2 is 0.980 bits per heavy atom. The fraction of sp³-hybridized carbons (Fsp3) is 0.708. The lowest BCUT2D eigenvalue weighted by Crippen LogP contribution is -2.49. The number of hydrogen-bond donors (Lipinski definition) is 0. The van der Waals surface area contributed by atoms with Gasteiger partial charge in [-0.25, -0.2) is 28.8 Å². The SMILES string of the molecule is C=C1C(=O)OC2/C=C(\C)CC/C=C(\C)CCC12.C=C1C(=O)OC2/C=C\CC/C=C(\C)CCC12.C=C1C(=O)OC23CC1CCC(C)C2CCC3C.C=C1C(=O)OC2C1CCC(C)C1CCC(C)C12.C=C1C(=O)OC2C1CCC(C)C1CCCC12C.C=C1C(=O)OC2CC(C)C3CCC(C)C3CC12. The van der Waals surface area contributed by atoms with Crippen molar-refractivity contribution >= 4 is 35.8 Å². The van der Waals surface area contributed by atoms with Gasteiger partial charge >= 0.3 is 35.8 Å². The van der Waals surface area contributed by atoms with Gasteiger partial charge in [0, 0.05) is 80.3 Å². The average molecular weight is 1390 g/mol. The lowest BCUT2D eigenvalue weighted by Gasteiger charge is -2.44. The summed E-state index contributed by atoms with van der Waals surface area (Å²) in [5, 5.41) is 0. The van der Waals surface area contributed by atoms with Crippen molar-refractivity contribution in [2.75, 3.05) is 0 Å². The first-order chi connectivity index (χ1) is 48.0. The van der Waals surface area contributed by atoms with Gasteiger partial charge < -0.3 is 28.4 Å². The molecule has 14 fully saturated rings. The highest BCUT2D eigenvalue weighted by Gasteiger charge is 2.60. The molecule has 0 aromatic carbocycles. The van der Waals surface area contributed by atoms with Gasteiger partial charge in [0.05, 0.1) is 0 Å². The summed E-state index contributed by atoms with van der Waals surface area (Å²) in [4.78, 5) is 70.1. The summed E-state index contributed by atoms with van der Waals surface area (Å²) in [7, 11) is 0. The highest BCUT2D eigenvalue weighted by molar-refractivity contribution is 5.93. The van der Waals surface area contributed by atoms with E-state index < -0.39 is 0 Å². The van der Waals surface area contributed by atoms with Crippen molar-refractivity contribution in [2.24, 2.45) is 118 Å². The minimum atomic E-state index is -0.222. The number of carbonyl (C=O) groups excluding carboxylic acids is 6. The van der Waals surface area contributed by atoms with Gasteiger partial charge in [0.15, 0.2) is 0 Å². The van der Waals surface area contributed by atoms with Crippen LogP contribution in [0.2, 0.25) is 0 Å². The van der Waals surface area contributed by atoms with E-state index in [9.17, 15) is 28.8 Å². The average Bonchev–Trinajstić information content (AvgIpc) is 1.62. The van der Waals surface area contributed by atoms with Crippen LogP contribution in [0, 0.1) is 118 Å². The second kappa shape index (κ2) is 31.9. The molecule has 1 spiro atoms. The fourth-order valence-electron chi connectivity index (χ4n) is 22.8. The van der Waals surface area contributed by atoms with Gasteiger partial charge in [-0.1, -0.05) is 149 Å². The van der Waals surface area contributed by atoms with Crippen molar-refractivity contribution in [3.05, 3.63) is 120 Å². The summed E-state index contributed by atoms with van der Waals surface area (Å²) in [6, 6.07) is 0. The number of esters is 6. The molecule has 0 N–H and O–H groups in total. The van der Waals surface area contributed by atoms with E-state index in [0.717, 1.165) is 154 Å². The van der Waals surface area contributed by atoms with E-state index in [-0.39, 0.29) is 95.1 Å². The molecule has 0 amide bonds. The lowest BCUT2D eigenvalue weighted by atomic mass is 9.69. The third-order valence-corrected chi connectivity index (χ3v) is 29.3. The van der Waals surface area contributed by atoms with Crippen LogP contribution in [-0.4, -0.2) is 71.9 Å². The topological polar surface area (TPSA) is 158 Å². The van der Waals surface area contributed by atoms with Gasteiger partial charge in [-0.05, 0) is 252 Å². The van der Waals surface area contributed by atoms with Crippen LogP contribution in [0.4, 0.5) is 0 Å². The first-order valence-electron chi connectivity index (χ1n) is 40.1. The number of rotatable bonds is 0. The first-order valence-corrected chi connectivity index (χ1v) is 40.1. The molecule has 8 saturated carbocycles. The standard InChI is InChI=1S/4C15H22O2.C15H20O2.C14H18O2/c1-8-4-7-12-10(3)15(16)17-14(12)13-9(2)5-6-11(8)13;1-9-4-6-12-8-15(17-14(16)11(12)3)10(2)5-7-13(9)15;1-8-4-5-11-9(2)6-14-13(7-12(8)11)10(3)15(16)17-14;1-9-6-7-11-10(2)14(16)17-13(11)15(3)8-4-5-12(9)15;1-10-5-4-6-11(2)9-14-13(8-7-10)12(3)15(16)17-14;1-10-6-4-3-5-7-13-12(9-8-10)11(2)14(15)16-13/h8-9,11-14H,3-7H2,1-2H3;9-10,12-13H,3-8H2,1-2H3;8-9,11-14H,3-7H2,1-2H3;9,11-13H,2,4-8H2,1,3H3;5,9,13-14H,3-4,6-8H2,1-2H3;5-7,12-13H,2-4,8-9H2,1H3/b;;;;10-5+,11-9+;7-5-,10-6+. The predicted octanol–water partition coefficient (Wildman–Crippen LogP) is 19.7. The molecule has 0 radical (unpaired) electrons. The monoisotopic (exact) mass is 1390 g/mol. The molecular weight excluding hydrogens is 1260 g/mol. The van der Waals surface area contributed by atoms with Crippen LogP contribution >= 0.6 is 0 Å². The molecule has 0 aromatic heterocycles. The minimum absolute atomic E-state index is 0.0779. The number of carbonyl (C=O) groups is 6. The molecule has 554 valence electrons. The molecular formula is C89H126O12. The third kappa shape index (κ3) is 15.8. The molecule has 16 rings (SSSR count). The number of ether oxygens (including phenoxy) is 6. The molecule has 16 aliphatic rings. The summed E-state index contributed by atoms with van der Waals surface area (Å²) in [5.74, 6) is 9.90. The molecule has 6 heterocycles. The van der Waals surface area contributed by atoms with Crippen molar-refractivity contribution in [3.8, 4) is 0 Å². The van der Waals surface area contributed by atoms with Crippen molar-refractivity contribution in [2.45, 2.75) is 279 Å². The number of allylic oxidation sites excluding steroid dienone is 6. The van der Waals surface area contributed by atoms with E-state index in [0.29, 0.717) is 64.4 Å². The molecule has 26 unspecified atom stereocenters. The molecule has 6 saturated heterocycles. The van der Waals surface area contributed by atoms with Crippen LogP contribution in [0.1, 0.15) is 243 Å². The smallest absolute Gasteiger partial charge is 0.334 e. The van der Waals surface area contributed by atoms with E-state index in [4.69, 9.17) is 28.4 Å². The molecule has 0 aromatic rings. The van der Waals surface area contributed by atoms with Gasteiger partial charge in [-0.2, -0.15) is 0 Å². The Morgan fingerprint density at radius 1 is 0.426 bits per heavy atom. The van der Waals surface area contributed by atoms with Crippen LogP contribution in [0.25, 0.3) is 0 Å². The van der Waals surface area contributed by atoms with Crippen LogP contribution in [0.3, 0.4) is 0 Å². The minimum Gasteiger partial charge on any atom is -0.458 e. The molecule has 6 aliphatic heterocycles. The van der Waals surface area contributed by atoms with E-state index >= 15 is 0 Å². The highest BCUT2D eigenvalue weighted by atomic mass is 16.6. The van der Waals surface area contributed by atoms with Crippen LogP contribution in [0.5, 0.6) is 0 Å². The van der Waals surface area contributed by atoms with Crippen molar-refractivity contribution in [1.82, 2.24) is 0 Å². The summed E-state index contributed by atoms with van der Waals surface area (Å²) < 4.78 is 33.4. The van der Waals surface area contributed by atoms with Crippen LogP contribution in [-0.2, 0) is 57.2 Å². The Morgan fingerprint density at radius 3 is 1.70 bits per heavy atom. The summed E-state index contributed by atoms with van der Waals surface area (Å²) in [5.41, 5.74) is 8.38. The molecule has 12 heteroatoms. The van der Waals surface area contributed by atoms with E-state index in [1.165, 1.54) is 93.8 Å². The van der Waals surface area contributed by atoms with Gasteiger partial charge in [0.1, 0.15) is 36.1 Å². The maximum atomic E-state index is 12.0. The Labute approximate surface area is 607 Å². The van der Waals surface area contributed by atoms with Crippen LogP contribution in [0.15, 0.2) is 120 Å². The normalized spacial score (nSPS) is 45.2. The third-order valence-electron chi connectivity index (χ3n) is 29.3. The zero-order chi connectivity index (χ0) is 72.7. The largest absolute Gasteiger partial charge is 0.458 e. The fourth-order valence-corrected chi connectivity index (χ4v) is 22.8. The van der Waals surface area contributed by atoms with Gasteiger partial charge in [-0.15, -0.1) is 0 Å². The molecule has 101 heavy (non-hydrogen) atoms. The van der Waals surface area contributed by atoms with Crippen molar-refractivity contribution in [3.63, 3.8) is 0 Å². The Balaban J connectivity index is 0.000000122. The molecule has 26 atom stereocenters. The van der Waals surface area contributed by atoms with Gasteiger partial charge in [-0.3, -0.25) is 0 Å². The Kier molecular flexibility index (Phi) is 24.1. The maximum absolute atomic E-state index is 12.0. The highest BCUT2D eigenvalue weighted by Crippen LogP contribution is 2.60. The van der Waals surface area contributed by atoms with E-state index in [1.807, 2.05) is 6.08 Å². The number of hydrogen-bond acceptors (Lipinski definition) is 12. The van der Waals surface area contributed by atoms with E-state index in [2.05, 4.69) is 140 Å². The second-order valence-electron chi connectivity index (χ2n) is 35.4. The maximum Gasteiger partial charge on any atom is 0.334 e. The summed E-state index contributed by atoms with van der Waals surface area (Å²) in [6.07, 6.45) is 41.0. The number of fused-ring (bicyclic) bond motifs is 11. The Hall–Kier alpha value is -5.78. The Bertz CT molecular complexity index is 3340.